The van der Waals surface area contributed by atoms with E-state index in [1.54, 1.807) is 0 Å². The van der Waals surface area contributed by atoms with Crippen molar-refractivity contribution in [3.05, 3.63) is 121 Å². The molecule has 0 heterocycles. The summed E-state index contributed by atoms with van der Waals surface area (Å²) in [5, 5.41) is 0. The van der Waals surface area contributed by atoms with E-state index >= 15 is 0 Å². The summed E-state index contributed by atoms with van der Waals surface area (Å²) in [5.74, 6) is 0. The van der Waals surface area contributed by atoms with Gasteiger partial charge in [-0.15, -0.1) is 0 Å². The van der Waals surface area contributed by atoms with Crippen LogP contribution in [0.1, 0.15) is 158 Å². The minimum atomic E-state index is -2.60. The first kappa shape index (κ1) is 65.5. The molecule has 0 amide bonds. The Morgan fingerprint density at radius 1 is 0.250 bits per heavy atom. The maximum absolute atomic E-state index is 8.52. The predicted molar refractivity (Wildman–Crippen MR) is 308 cm³/mol. The molecule has 5 aromatic rings. The van der Waals surface area contributed by atoms with E-state index in [1.807, 2.05) is 0 Å². The number of hydrogen-bond donors (Lipinski definition) is 2. The molecule has 0 spiro atoms. The third kappa shape index (κ3) is 23.5. The zero-order chi connectivity index (χ0) is 55.5. The lowest BCUT2D eigenvalue weighted by molar-refractivity contribution is -1.63. The van der Waals surface area contributed by atoms with Crippen molar-refractivity contribution < 1.29 is 49.5 Å². The molecule has 0 aliphatic heterocycles. The van der Waals surface area contributed by atoms with Crippen molar-refractivity contribution in [1.29, 1.82) is 0 Å². The van der Waals surface area contributed by atoms with E-state index in [9.17, 15) is 0 Å². The van der Waals surface area contributed by atoms with E-state index < -0.39 is 21.6 Å². The zero-order valence-electron chi connectivity index (χ0n) is 47.5. The number of anilines is 10. The maximum Gasteiger partial charge on any atom is 0.282 e. The van der Waals surface area contributed by atoms with E-state index in [1.165, 1.54) is 148 Å². The van der Waals surface area contributed by atoms with Crippen molar-refractivity contribution in [2.45, 2.75) is 158 Å². The first-order valence-corrected chi connectivity index (χ1v) is 30.4. The third-order valence-corrected chi connectivity index (χ3v) is 13.5. The highest BCUT2D eigenvalue weighted by Crippen LogP contribution is 2.41. The summed E-state index contributed by atoms with van der Waals surface area (Å²) >= 11 is 0. The van der Waals surface area contributed by atoms with E-state index in [4.69, 9.17) is 28.0 Å². The van der Waals surface area contributed by atoms with Gasteiger partial charge >= 0.3 is 0 Å². The zero-order valence-corrected chi connectivity index (χ0v) is 49.0. The van der Waals surface area contributed by atoms with Gasteiger partial charge in [-0.2, -0.15) is 0 Å². The van der Waals surface area contributed by atoms with E-state index in [2.05, 4.69) is 206 Å². The molecule has 0 radical (unpaired) electrons. The van der Waals surface area contributed by atoms with Crippen LogP contribution in [0.3, 0.4) is 0 Å². The topological polar surface area (TPSA) is 152 Å². The van der Waals surface area contributed by atoms with Crippen LogP contribution >= 0.6 is 0 Å². The fourth-order valence-corrected chi connectivity index (χ4v) is 9.17. The van der Waals surface area contributed by atoms with Gasteiger partial charge in [-0.05, 0) is 173 Å². The Labute approximate surface area is 465 Å². The summed E-state index contributed by atoms with van der Waals surface area (Å²) in [6.45, 7) is 27.1. The number of benzene rings is 5. The lowest BCUT2D eigenvalue weighted by atomic mass is 10.1. The van der Waals surface area contributed by atoms with Crippen molar-refractivity contribution in [2.24, 2.45) is 0 Å². The van der Waals surface area contributed by atoms with E-state index in [-0.39, 0.29) is 0 Å². The van der Waals surface area contributed by atoms with Gasteiger partial charge in [0.25, 0.3) is 21.6 Å². The van der Waals surface area contributed by atoms with Gasteiger partial charge in [0.1, 0.15) is 0 Å². The summed E-state index contributed by atoms with van der Waals surface area (Å²) in [6, 6.07) is 46.7. The molecule has 5 rings (SSSR count). The van der Waals surface area contributed by atoms with Crippen molar-refractivity contribution in [1.82, 2.24) is 0 Å². The van der Waals surface area contributed by atoms with Crippen LogP contribution in [0.5, 0.6) is 0 Å². The summed E-state index contributed by atoms with van der Waals surface area (Å²) in [5.41, 5.74) is 12.2. The number of halogens is 2. The molecular formula is C62H94Cl2N6O6. The highest BCUT2D eigenvalue weighted by Gasteiger charge is 2.19. The molecule has 0 fully saturated rings. The van der Waals surface area contributed by atoms with Crippen LogP contribution in [-0.4, -0.2) is 61.7 Å². The molecule has 5 aromatic carbocycles. The van der Waals surface area contributed by atoms with Crippen LogP contribution < -0.4 is 48.0 Å². The van der Waals surface area contributed by atoms with Gasteiger partial charge in [0.2, 0.25) is 0 Å². The fraction of sp³-hybridized carbons (Fsp3) is 0.516. The Morgan fingerprint density at radius 2 is 0.355 bits per heavy atom. The van der Waals surface area contributed by atoms with Crippen LogP contribution in [-0.2, 0) is 0 Å². The first-order valence-electron chi connectivity index (χ1n) is 28.5. The second kappa shape index (κ2) is 38.7. The van der Waals surface area contributed by atoms with Crippen LogP contribution in [0, 0.1) is 21.6 Å². The summed E-state index contributed by atoms with van der Waals surface area (Å²) in [7, 11) is -5.20. The van der Waals surface area contributed by atoms with Gasteiger partial charge in [-0.25, -0.2) is 0 Å². The Balaban J connectivity index is 0.00000177. The predicted octanol–water partition coefficient (Wildman–Crippen LogP) is 12.4. The van der Waals surface area contributed by atoms with E-state index in [0.717, 1.165) is 63.7 Å². The molecule has 2 N–H and O–H groups in total. The molecule has 422 valence electrons. The van der Waals surface area contributed by atoms with Gasteiger partial charge < -0.3 is 48.0 Å². The second-order valence-corrected chi connectivity index (χ2v) is 20.2. The highest BCUT2D eigenvalue weighted by molar-refractivity contribution is 5.82. The highest BCUT2D eigenvalue weighted by atomic mass is 35.6. The average molecular weight is 1090 g/mol. The summed E-state index contributed by atoms with van der Waals surface area (Å²) < 4.78 is 47.9. The molecule has 0 saturated carbocycles. The SMILES string of the molecule is CCCCN(CCCC)c1ccc(N(c2ccc(N(CCCC)CCCC)cc2)c2ccc(N(c3ccc(N(CCCC)CCCC)cc3)c3ccc(N(CCCC)CCCC)cc3)cc2)cc1.[O-][Cl+2]([O-])O.[O-][Cl+2]([O-])O. The van der Waals surface area contributed by atoms with Crippen molar-refractivity contribution in [3.8, 4) is 0 Å². The Morgan fingerprint density at radius 3 is 0.461 bits per heavy atom. The molecule has 0 aliphatic rings. The molecule has 0 bridgehead atoms. The number of nitrogens with zero attached hydrogens (tertiary/aromatic N) is 6. The first-order chi connectivity index (χ1) is 36.9. The van der Waals surface area contributed by atoms with E-state index in [0.29, 0.717) is 0 Å². The van der Waals surface area contributed by atoms with Crippen LogP contribution in [0.2, 0.25) is 0 Å². The standard InChI is InChI=1S/C62H92N6.2ClHO3/c1-9-17-45-63(46-18-10-2)53-25-33-57(34-26-53)67(58-35-27-54(28-36-58)64(47-19-11-3)48-20-12-4)61-41-43-62(44-42-61)68(59-37-29-55(30-38-59)65(49-21-13-5)50-22-14-6)60-39-31-56(32-40-60)66(51-23-15-7)52-24-16-8;2*2-1(3)4/h25-44H,9-24,45-52H2,1-8H3;2*2H. The number of hydrogen-bond acceptors (Lipinski definition) is 12. The van der Waals surface area contributed by atoms with Gasteiger partial charge in [0.15, 0.2) is 0 Å². The quantitative estimate of drug-likeness (QED) is 0.0403. The molecule has 0 atom stereocenters. The summed E-state index contributed by atoms with van der Waals surface area (Å²) in [6.07, 6.45) is 19.3. The Bertz CT molecular complexity index is 1870. The van der Waals surface area contributed by atoms with Crippen molar-refractivity contribution in [2.75, 3.05) is 81.8 Å². The molecule has 0 unspecified atom stereocenters. The summed E-state index contributed by atoms with van der Waals surface area (Å²) in [4.78, 5) is 15.2. The van der Waals surface area contributed by atoms with Crippen LogP contribution in [0.15, 0.2) is 121 Å². The average Bonchev–Trinajstić information content (AvgIpc) is 3.42. The lowest BCUT2D eigenvalue weighted by Crippen LogP contribution is -2.30. The molecule has 0 aliphatic carbocycles. The molecule has 76 heavy (non-hydrogen) atoms. The Hall–Kier alpha value is -4.76. The second-order valence-electron chi connectivity index (χ2n) is 19.4. The molecule has 0 aromatic heterocycles. The van der Waals surface area contributed by atoms with Crippen LogP contribution in [0.4, 0.5) is 56.9 Å². The lowest BCUT2D eigenvalue weighted by Gasteiger charge is -2.31. The van der Waals surface area contributed by atoms with Crippen molar-refractivity contribution in [3.63, 3.8) is 0 Å². The van der Waals surface area contributed by atoms with Gasteiger partial charge in [-0.1, -0.05) is 107 Å². The van der Waals surface area contributed by atoms with Crippen LogP contribution in [0.25, 0.3) is 0 Å². The largest absolute Gasteiger partial charge is 0.372 e. The number of unbranched alkanes of at least 4 members (excludes halogenated alkanes) is 8. The smallest absolute Gasteiger partial charge is 0.282 e. The minimum Gasteiger partial charge on any atom is -0.372 e. The number of rotatable bonds is 34. The van der Waals surface area contributed by atoms with Crippen molar-refractivity contribution >= 4 is 56.9 Å². The Kier molecular flexibility index (Phi) is 33.4. The van der Waals surface area contributed by atoms with Gasteiger partial charge in [-0.3, -0.25) is 0 Å². The van der Waals surface area contributed by atoms with Gasteiger partial charge in [0.05, 0.1) is 0 Å². The molecule has 14 heteroatoms. The fourth-order valence-electron chi connectivity index (χ4n) is 9.17. The molecular weight excluding hydrogens is 996 g/mol. The minimum absolute atomic E-state index is 1.10. The van der Waals surface area contributed by atoms with Gasteiger partial charge in [0, 0.05) is 119 Å². The maximum atomic E-state index is 8.52. The normalized spacial score (nSPS) is 10.9. The third-order valence-electron chi connectivity index (χ3n) is 13.5. The monoisotopic (exact) mass is 1090 g/mol. The molecule has 12 nitrogen and oxygen atoms in total. The molecule has 0 saturated heterocycles.